The number of aromatic nitrogens is 1. The Hall–Kier alpha value is -1.93. The largest absolute Gasteiger partial charge is 0.451 e. The molecule has 0 saturated heterocycles. The molecule has 0 aromatic carbocycles. The summed E-state index contributed by atoms with van der Waals surface area (Å²) in [4.78, 5) is 27.3. The molecule has 7 nitrogen and oxygen atoms in total. The summed E-state index contributed by atoms with van der Waals surface area (Å²) in [6.07, 6.45) is 1.69. The van der Waals surface area contributed by atoms with Crippen LogP contribution in [0.25, 0.3) is 0 Å². The van der Waals surface area contributed by atoms with Crippen molar-refractivity contribution < 1.29 is 19.1 Å². The number of ether oxygens (including phenoxy) is 2. The molecule has 0 spiro atoms. The van der Waals surface area contributed by atoms with Gasteiger partial charge in [-0.1, -0.05) is 6.08 Å². The summed E-state index contributed by atoms with van der Waals surface area (Å²) in [6, 6.07) is -0.143. The number of thiazole rings is 1. The minimum absolute atomic E-state index is 0.143. The zero-order chi connectivity index (χ0) is 15.7. The van der Waals surface area contributed by atoms with E-state index in [4.69, 9.17) is 9.47 Å². The van der Waals surface area contributed by atoms with Gasteiger partial charge in [-0.2, -0.15) is 0 Å². The SMILES string of the molecule is C=CCNc1nc(C(=O)OCC(=O)NC(C)COC)cs1. The highest BCUT2D eigenvalue weighted by atomic mass is 32.1. The Balaban J connectivity index is 2.37. The molecule has 1 unspecified atom stereocenters. The van der Waals surface area contributed by atoms with Gasteiger partial charge in [-0.3, -0.25) is 4.79 Å². The van der Waals surface area contributed by atoms with E-state index >= 15 is 0 Å². The van der Waals surface area contributed by atoms with E-state index in [0.717, 1.165) is 0 Å². The molecule has 1 heterocycles. The Morgan fingerprint density at radius 1 is 1.57 bits per heavy atom. The monoisotopic (exact) mass is 313 g/mol. The number of methoxy groups -OCH3 is 1. The predicted octanol–water partition coefficient (Wildman–Crippen LogP) is 1.05. The quantitative estimate of drug-likeness (QED) is 0.523. The lowest BCUT2D eigenvalue weighted by molar-refractivity contribution is -0.125. The van der Waals surface area contributed by atoms with Gasteiger partial charge in [0.15, 0.2) is 17.4 Å². The van der Waals surface area contributed by atoms with Crippen LogP contribution in [0, 0.1) is 0 Å². The fourth-order valence-electron chi connectivity index (χ4n) is 1.42. The normalized spacial score (nSPS) is 11.5. The van der Waals surface area contributed by atoms with Gasteiger partial charge in [0.05, 0.1) is 6.61 Å². The van der Waals surface area contributed by atoms with Gasteiger partial charge in [0, 0.05) is 25.1 Å². The first-order chi connectivity index (χ1) is 10.1. The highest BCUT2D eigenvalue weighted by molar-refractivity contribution is 7.13. The first-order valence-corrected chi connectivity index (χ1v) is 7.20. The van der Waals surface area contributed by atoms with Crippen LogP contribution in [-0.4, -0.2) is 49.8 Å². The number of carbonyl (C=O) groups is 2. The molecule has 116 valence electrons. The number of anilines is 1. The van der Waals surface area contributed by atoms with Gasteiger partial charge in [-0.15, -0.1) is 17.9 Å². The molecule has 0 aliphatic heterocycles. The fraction of sp³-hybridized carbons (Fsp3) is 0.462. The second-order valence-corrected chi connectivity index (χ2v) is 5.07. The molecule has 1 atom stereocenters. The van der Waals surface area contributed by atoms with E-state index in [1.807, 2.05) is 0 Å². The van der Waals surface area contributed by atoms with Crippen molar-refractivity contribution in [2.45, 2.75) is 13.0 Å². The maximum Gasteiger partial charge on any atom is 0.358 e. The van der Waals surface area contributed by atoms with E-state index in [9.17, 15) is 9.59 Å². The number of hydrogen-bond donors (Lipinski definition) is 2. The molecule has 0 radical (unpaired) electrons. The van der Waals surface area contributed by atoms with Crippen LogP contribution in [0.2, 0.25) is 0 Å². The summed E-state index contributed by atoms with van der Waals surface area (Å²) in [5.74, 6) is -1.01. The number of esters is 1. The minimum Gasteiger partial charge on any atom is -0.451 e. The zero-order valence-corrected chi connectivity index (χ0v) is 12.9. The number of amides is 1. The van der Waals surface area contributed by atoms with Gasteiger partial charge < -0.3 is 20.1 Å². The van der Waals surface area contributed by atoms with E-state index in [-0.39, 0.29) is 24.2 Å². The molecule has 0 bridgehead atoms. The second kappa shape index (κ2) is 9.09. The van der Waals surface area contributed by atoms with Crippen LogP contribution in [0.3, 0.4) is 0 Å². The lowest BCUT2D eigenvalue weighted by atomic mass is 10.3. The minimum atomic E-state index is -0.632. The first-order valence-electron chi connectivity index (χ1n) is 6.32. The van der Waals surface area contributed by atoms with E-state index in [1.165, 1.54) is 11.3 Å². The van der Waals surface area contributed by atoms with E-state index in [2.05, 4.69) is 22.2 Å². The smallest absolute Gasteiger partial charge is 0.358 e. The summed E-state index contributed by atoms with van der Waals surface area (Å²) >= 11 is 1.28. The van der Waals surface area contributed by atoms with Crippen molar-refractivity contribution in [3.05, 3.63) is 23.7 Å². The average molecular weight is 313 g/mol. The molecular weight excluding hydrogens is 294 g/mol. The average Bonchev–Trinajstić information content (AvgIpc) is 2.91. The molecule has 1 aromatic heterocycles. The number of rotatable bonds is 9. The van der Waals surface area contributed by atoms with Crippen LogP contribution in [0.4, 0.5) is 5.13 Å². The van der Waals surface area contributed by atoms with Crippen molar-refractivity contribution >= 4 is 28.3 Å². The summed E-state index contributed by atoms with van der Waals surface area (Å²) in [7, 11) is 1.54. The molecule has 21 heavy (non-hydrogen) atoms. The Bertz CT molecular complexity index is 490. The summed E-state index contributed by atoms with van der Waals surface area (Å²) in [6.45, 7) is 5.97. The first kappa shape index (κ1) is 17.1. The van der Waals surface area contributed by atoms with E-state index in [0.29, 0.717) is 18.3 Å². The Morgan fingerprint density at radius 2 is 2.33 bits per heavy atom. The number of nitrogens with zero attached hydrogens (tertiary/aromatic N) is 1. The van der Waals surface area contributed by atoms with Crippen molar-refractivity contribution in [1.82, 2.24) is 10.3 Å². The Morgan fingerprint density at radius 3 is 3.00 bits per heavy atom. The summed E-state index contributed by atoms with van der Waals surface area (Å²) in [5.41, 5.74) is 0.171. The van der Waals surface area contributed by atoms with Crippen molar-refractivity contribution in [2.75, 3.05) is 32.2 Å². The lowest BCUT2D eigenvalue weighted by Gasteiger charge is -2.12. The summed E-state index contributed by atoms with van der Waals surface area (Å²) < 4.78 is 9.78. The molecule has 0 saturated carbocycles. The third kappa shape index (κ3) is 6.37. The van der Waals surface area contributed by atoms with E-state index in [1.54, 1.807) is 25.5 Å². The number of carbonyl (C=O) groups excluding carboxylic acids is 2. The maximum atomic E-state index is 11.7. The van der Waals surface area contributed by atoms with Gasteiger partial charge in [-0.05, 0) is 6.92 Å². The lowest BCUT2D eigenvalue weighted by Crippen LogP contribution is -2.38. The van der Waals surface area contributed by atoms with E-state index < -0.39 is 5.97 Å². The molecule has 1 aromatic rings. The van der Waals surface area contributed by atoms with Gasteiger partial charge in [-0.25, -0.2) is 9.78 Å². The third-order valence-electron chi connectivity index (χ3n) is 2.27. The zero-order valence-electron chi connectivity index (χ0n) is 12.0. The highest BCUT2D eigenvalue weighted by Gasteiger charge is 2.15. The van der Waals surface area contributed by atoms with Crippen LogP contribution < -0.4 is 10.6 Å². The Labute approximate surface area is 127 Å². The summed E-state index contributed by atoms with van der Waals surface area (Å²) in [5, 5.41) is 7.77. The molecule has 0 aliphatic carbocycles. The van der Waals surface area contributed by atoms with Crippen LogP contribution >= 0.6 is 11.3 Å². The number of nitrogens with one attached hydrogen (secondary N) is 2. The number of hydrogen-bond acceptors (Lipinski definition) is 7. The predicted molar refractivity (Wildman–Crippen MR) is 80.6 cm³/mol. The standard InChI is InChI=1S/C13H19N3O4S/c1-4-5-14-13-16-10(8-21-13)12(18)20-7-11(17)15-9(2)6-19-3/h4,8-9H,1,5-7H2,2-3H3,(H,14,16)(H,15,17). The molecule has 8 heteroatoms. The topological polar surface area (TPSA) is 89.5 Å². The van der Waals surface area contributed by atoms with Crippen molar-refractivity contribution in [3.8, 4) is 0 Å². The molecular formula is C13H19N3O4S. The van der Waals surface area contributed by atoms with Crippen molar-refractivity contribution in [3.63, 3.8) is 0 Å². The molecule has 1 amide bonds. The van der Waals surface area contributed by atoms with Crippen LogP contribution in [0.15, 0.2) is 18.0 Å². The van der Waals surface area contributed by atoms with Gasteiger partial charge >= 0.3 is 5.97 Å². The van der Waals surface area contributed by atoms with Crippen LogP contribution in [0.5, 0.6) is 0 Å². The van der Waals surface area contributed by atoms with Crippen molar-refractivity contribution in [2.24, 2.45) is 0 Å². The molecule has 1 rings (SSSR count). The van der Waals surface area contributed by atoms with Gasteiger partial charge in [0.25, 0.3) is 5.91 Å². The third-order valence-corrected chi connectivity index (χ3v) is 3.07. The van der Waals surface area contributed by atoms with Crippen LogP contribution in [-0.2, 0) is 14.3 Å². The maximum absolute atomic E-state index is 11.7. The molecule has 0 aliphatic rings. The second-order valence-electron chi connectivity index (χ2n) is 4.21. The fourth-order valence-corrected chi connectivity index (χ4v) is 2.11. The Kier molecular flexibility index (Phi) is 7.41. The van der Waals surface area contributed by atoms with Gasteiger partial charge in [0.2, 0.25) is 0 Å². The van der Waals surface area contributed by atoms with Crippen molar-refractivity contribution in [1.29, 1.82) is 0 Å². The highest BCUT2D eigenvalue weighted by Crippen LogP contribution is 2.15. The molecule has 2 N–H and O–H groups in total. The van der Waals surface area contributed by atoms with Gasteiger partial charge in [0.1, 0.15) is 0 Å². The van der Waals surface area contributed by atoms with Crippen LogP contribution in [0.1, 0.15) is 17.4 Å². The molecule has 0 fully saturated rings.